The van der Waals surface area contributed by atoms with Gasteiger partial charge in [-0.2, -0.15) is 9.61 Å². The minimum Gasteiger partial charge on any atom is -0.391 e. The maximum atomic E-state index is 10.0. The zero-order valence-electron chi connectivity index (χ0n) is 15.1. The Morgan fingerprint density at radius 1 is 1.23 bits per heavy atom. The second-order valence-corrected chi connectivity index (χ2v) is 7.55. The van der Waals surface area contributed by atoms with Gasteiger partial charge in [0.1, 0.15) is 5.82 Å². The first kappa shape index (κ1) is 17.3. The van der Waals surface area contributed by atoms with Crippen molar-refractivity contribution in [3.05, 3.63) is 58.4 Å². The summed E-state index contributed by atoms with van der Waals surface area (Å²) in [7, 11) is 0. The van der Waals surface area contributed by atoms with Crippen molar-refractivity contribution in [2.75, 3.05) is 18.0 Å². The number of aromatic nitrogens is 3. The van der Waals surface area contributed by atoms with Gasteiger partial charge in [0.2, 0.25) is 0 Å². The third-order valence-electron chi connectivity index (χ3n) is 5.09. The fourth-order valence-electron chi connectivity index (χ4n) is 3.62. The Hall–Kier alpha value is -2.11. The highest BCUT2D eigenvalue weighted by Crippen LogP contribution is 2.28. The van der Waals surface area contributed by atoms with Crippen LogP contribution in [0.5, 0.6) is 0 Å². The molecule has 1 N–H and O–H groups in total. The molecular weight excluding hydrogens is 348 g/mol. The lowest BCUT2D eigenvalue weighted by Crippen LogP contribution is -2.39. The summed E-state index contributed by atoms with van der Waals surface area (Å²) in [4.78, 5) is 6.86. The highest BCUT2D eigenvalue weighted by molar-refractivity contribution is 6.30. The normalized spacial score (nSPS) is 19.1. The molecule has 1 unspecified atom stereocenters. The van der Waals surface area contributed by atoms with E-state index in [4.69, 9.17) is 16.7 Å². The Bertz CT molecular complexity index is 921. The molecule has 1 saturated heterocycles. The first-order valence-electron chi connectivity index (χ1n) is 9.07. The van der Waals surface area contributed by atoms with E-state index in [9.17, 15) is 5.11 Å². The van der Waals surface area contributed by atoms with Crippen molar-refractivity contribution in [3.8, 4) is 0 Å². The molecule has 2 aromatic heterocycles. The number of nitrogens with zero attached hydrogens (tertiary/aromatic N) is 4. The van der Waals surface area contributed by atoms with E-state index in [-0.39, 0.29) is 12.0 Å². The Morgan fingerprint density at radius 3 is 2.73 bits per heavy atom. The van der Waals surface area contributed by atoms with Gasteiger partial charge >= 0.3 is 0 Å². The fraction of sp³-hybridized carbons (Fsp3) is 0.400. The minimum absolute atomic E-state index is 0.147. The summed E-state index contributed by atoms with van der Waals surface area (Å²) in [5, 5.41) is 15.6. The molecule has 3 heterocycles. The predicted octanol–water partition coefficient (Wildman–Crippen LogP) is 3.80. The van der Waals surface area contributed by atoms with Gasteiger partial charge in [-0.15, -0.1) is 0 Å². The molecule has 4 rings (SSSR count). The molecule has 5 nitrogen and oxygen atoms in total. The van der Waals surface area contributed by atoms with Crippen LogP contribution in [-0.2, 0) is 0 Å². The second kappa shape index (κ2) is 6.89. The fourth-order valence-corrected chi connectivity index (χ4v) is 3.75. The molecule has 0 aliphatic carbocycles. The number of hydrogen-bond donors (Lipinski definition) is 1. The van der Waals surface area contributed by atoms with Crippen molar-refractivity contribution >= 4 is 23.1 Å². The number of aliphatic hydroxyl groups excluding tert-OH is 1. The smallest absolute Gasteiger partial charge is 0.157 e. The first-order valence-corrected chi connectivity index (χ1v) is 9.45. The summed E-state index contributed by atoms with van der Waals surface area (Å²) in [6.45, 7) is 5.71. The second-order valence-electron chi connectivity index (χ2n) is 7.11. The highest BCUT2D eigenvalue weighted by Gasteiger charge is 2.22. The van der Waals surface area contributed by atoms with Crippen LogP contribution in [0.3, 0.4) is 0 Å². The van der Waals surface area contributed by atoms with Crippen molar-refractivity contribution in [1.29, 1.82) is 0 Å². The van der Waals surface area contributed by atoms with Crippen LogP contribution in [0.25, 0.3) is 5.65 Å². The number of anilines is 1. The zero-order chi connectivity index (χ0) is 18.3. The largest absolute Gasteiger partial charge is 0.391 e. The van der Waals surface area contributed by atoms with Crippen LogP contribution >= 0.6 is 11.6 Å². The van der Waals surface area contributed by atoms with Crippen LogP contribution in [0.15, 0.2) is 36.4 Å². The van der Waals surface area contributed by atoms with Crippen molar-refractivity contribution in [2.24, 2.45) is 0 Å². The number of aryl methyl sites for hydroxylation is 1. The van der Waals surface area contributed by atoms with Gasteiger partial charge < -0.3 is 10.0 Å². The average molecular weight is 371 g/mol. The van der Waals surface area contributed by atoms with Crippen molar-refractivity contribution in [3.63, 3.8) is 0 Å². The van der Waals surface area contributed by atoms with Gasteiger partial charge in [-0.1, -0.05) is 30.7 Å². The molecule has 26 heavy (non-hydrogen) atoms. The number of hydrogen-bond acceptors (Lipinski definition) is 4. The summed E-state index contributed by atoms with van der Waals surface area (Å²) >= 11 is 6.01. The van der Waals surface area contributed by atoms with Gasteiger partial charge in [-0.3, -0.25) is 0 Å². The number of benzene rings is 1. The third-order valence-corrected chi connectivity index (χ3v) is 5.34. The molecule has 0 amide bonds. The molecule has 1 aliphatic rings. The zero-order valence-corrected chi connectivity index (χ0v) is 15.8. The maximum Gasteiger partial charge on any atom is 0.157 e. The van der Waals surface area contributed by atoms with E-state index in [2.05, 4.69) is 28.9 Å². The van der Waals surface area contributed by atoms with Crippen molar-refractivity contribution in [2.45, 2.75) is 38.7 Å². The lowest BCUT2D eigenvalue weighted by Gasteiger charge is -2.32. The van der Waals surface area contributed by atoms with E-state index in [0.717, 1.165) is 47.3 Å². The molecule has 1 aromatic carbocycles. The number of piperidine rings is 1. The van der Waals surface area contributed by atoms with Gasteiger partial charge in [-0.05, 0) is 37.5 Å². The number of halogens is 1. The van der Waals surface area contributed by atoms with E-state index < -0.39 is 0 Å². The summed E-state index contributed by atoms with van der Waals surface area (Å²) < 4.78 is 1.91. The SMILES string of the molecule is Cc1cc(N2CCC[C@@H](O)C2)n2nc(C(C)c3ccc(Cl)cc3)cc2n1. The summed E-state index contributed by atoms with van der Waals surface area (Å²) in [6.07, 6.45) is 1.57. The Labute approximate surface area is 158 Å². The molecule has 6 heteroatoms. The van der Waals surface area contributed by atoms with E-state index in [1.807, 2.05) is 35.7 Å². The topological polar surface area (TPSA) is 53.7 Å². The molecule has 2 atom stereocenters. The van der Waals surface area contributed by atoms with Crippen LogP contribution in [0.4, 0.5) is 5.82 Å². The predicted molar refractivity (Wildman–Crippen MR) is 104 cm³/mol. The molecule has 136 valence electrons. The molecule has 0 spiro atoms. The standard InChI is InChI=1S/C20H23ClN4O/c1-13-10-20(24-9-3-4-17(26)12-24)25-19(22-13)11-18(23-25)14(2)15-5-7-16(21)8-6-15/h5-8,10-11,14,17,26H,3-4,9,12H2,1-2H3/t14?,17-/m1/s1. The Morgan fingerprint density at radius 2 is 2.00 bits per heavy atom. The molecule has 1 fully saturated rings. The van der Waals surface area contributed by atoms with Crippen molar-refractivity contribution < 1.29 is 5.11 Å². The van der Waals surface area contributed by atoms with Crippen LogP contribution in [0, 0.1) is 6.92 Å². The number of rotatable bonds is 3. The quantitative estimate of drug-likeness (QED) is 0.761. The van der Waals surface area contributed by atoms with Gasteiger partial charge in [0.15, 0.2) is 5.65 Å². The third kappa shape index (κ3) is 3.29. The molecule has 0 radical (unpaired) electrons. The average Bonchev–Trinajstić information content (AvgIpc) is 3.05. The summed E-state index contributed by atoms with van der Waals surface area (Å²) in [5.74, 6) is 1.15. The van der Waals surface area contributed by atoms with Gasteiger partial charge in [0.25, 0.3) is 0 Å². The summed E-state index contributed by atoms with van der Waals surface area (Å²) in [5.41, 5.74) is 3.95. The summed E-state index contributed by atoms with van der Waals surface area (Å²) in [6, 6.07) is 12.0. The molecule has 0 bridgehead atoms. The van der Waals surface area contributed by atoms with E-state index in [1.165, 1.54) is 5.56 Å². The van der Waals surface area contributed by atoms with Crippen molar-refractivity contribution in [1.82, 2.24) is 14.6 Å². The van der Waals surface area contributed by atoms with Crippen LogP contribution in [0.2, 0.25) is 5.02 Å². The molecule has 1 aliphatic heterocycles. The van der Waals surface area contributed by atoms with Gasteiger partial charge in [0.05, 0.1) is 11.8 Å². The molecule has 3 aromatic rings. The van der Waals surface area contributed by atoms with Gasteiger partial charge in [0, 0.05) is 41.9 Å². The Balaban J connectivity index is 1.74. The minimum atomic E-state index is -0.282. The maximum absolute atomic E-state index is 10.0. The lowest BCUT2D eigenvalue weighted by molar-refractivity contribution is 0.153. The number of β-amino-alcohol motifs (C(OH)–C–C–N with tert-alkyl or cyclic N) is 1. The first-order chi connectivity index (χ1) is 12.5. The molecule has 0 saturated carbocycles. The van der Waals surface area contributed by atoms with Gasteiger partial charge in [-0.25, -0.2) is 4.98 Å². The van der Waals surface area contributed by atoms with E-state index in [0.29, 0.717) is 6.54 Å². The monoisotopic (exact) mass is 370 g/mol. The van der Waals surface area contributed by atoms with Crippen LogP contribution < -0.4 is 4.90 Å². The Kier molecular flexibility index (Phi) is 4.59. The highest BCUT2D eigenvalue weighted by atomic mass is 35.5. The lowest BCUT2D eigenvalue weighted by atomic mass is 9.98. The number of aliphatic hydroxyl groups is 1. The van der Waals surface area contributed by atoms with E-state index >= 15 is 0 Å². The van der Waals surface area contributed by atoms with Crippen LogP contribution in [-0.4, -0.2) is 38.9 Å². The van der Waals surface area contributed by atoms with Crippen LogP contribution in [0.1, 0.15) is 42.6 Å². The van der Waals surface area contributed by atoms with E-state index in [1.54, 1.807) is 0 Å². The number of fused-ring (bicyclic) bond motifs is 1. The molecular formula is C20H23ClN4O.